The van der Waals surface area contributed by atoms with Crippen LogP contribution in [0.25, 0.3) is 11.7 Å². The highest BCUT2D eigenvalue weighted by Crippen LogP contribution is 2.37. The molecule has 8 heteroatoms. The molecule has 2 saturated heterocycles. The van der Waals surface area contributed by atoms with Gasteiger partial charge in [0.2, 0.25) is 11.8 Å². The van der Waals surface area contributed by atoms with E-state index in [0.29, 0.717) is 29.1 Å². The third kappa shape index (κ3) is 2.51. The predicted molar refractivity (Wildman–Crippen MR) is 93.5 cm³/mol. The minimum atomic E-state index is -0.169. The highest BCUT2D eigenvalue weighted by molar-refractivity contribution is 6.31. The number of piperazine rings is 1. The molecule has 1 aromatic carbocycles. The van der Waals surface area contributed by atoms with E-state index < -0.39 is 0 Å². The normalized spacial score (nSPS) is 22.5. The van der Waals surface area contributed by atoms with Gasteiger partial charge in [-0.05, 0) is 36.8 Å². The fraction of sp³-hybridized carbons (Fsp3) is 0.278. The highest BCUT2D eigenvalue weighted by Gasteiger charge is 2.50. The summed E-state index contributed by atoms with van der Waals surface area (Å²) in [7, 11) is 0. The minimum absolute atomic E-state index is 0.0919. The number of carbonyl (C=O) groups is 1. The van der Waals surface area contributed by atoms with Gasteiger partial charge in [-0.25, -0.2) is 0 Å². The lowest BCUT2D eigenvalue weighted by Crippen LogP contribution is -2.50. The van der Waals surface area contributed by atoms with Gasteiger partial charge in [0, 0.05) is 17.3 Å². The first-order chi connectivity index (χ1) is 12.7. The number of hydrogen-bond acceptors (Lipinski definition) is 6. The molecule has 3 aromatic rings. The second-order valence-electron chi connectivity index (χ2n) is 6.50. The summed E-state index contributed by atoms with van der Waals surface area (Å²) in [5.41, 5.74) is 0.854. The van der Waals surface area contributed by atoms with E-state index in [4.69, 9.17) is 20.4 Å². The molecule has 1 amide bonds. The van der Waals surface area contributed by atoms with Gasteiger partial charge in [-0.1, -0.05) is 17.7 Å². The Bertz CT molecular complexity index is 955. The summed E-state index contributed by atoms with van der Waals surface area (Å²) in [6.07, 6.45) is 2.35. The van der Waals surface area contributed by atoms with Crippen LogP contribution in [0.4, 0.5) is 5.69 Å². The summed E-state index contributed by atoms with van der Waals surface area (Å²) in [6, 6.07) is 10.9. The van der Waals surface area contributed by atoms with Crippen LogP contribution in [-0.4, -0.2) is 39.6 Å². The third-order valence-electron chi connectivity index (χ3n) is 4.89. The minimum Gasteiger partial charge on any atom is -0.459 e. The molecule has 2 aromatic heterocycles. The number of nitrogens with zero attached hydrogens (tertiary/aromatic N) is 4. The number of rotatable bonds is 4. The Morgan fingerprint density at radius 2 is 2.15 bits per heavy atom. The van der Waals surface area contributed by atoms with Gasteiger partial charge >= 0.3 is 0 Å². The fourth-order valence-electron chi connectivity index (χ4n) is 3.79. The SMILES string of the molecule is O=C1[C@@H]2C[C@@H](CN2Cc2nnc(-c3ccco3)o2)N1c1cccc(Cl)c1. The van der Waals surface area contributed by atoms with Crippen molar-refractivity contribution in [3.05, 3.63) is 53.6 Å². The number of hydrogen-bond donors (Lipinski definition) is 0. The van der Waals surface area contributed by atoms with Crippen LogP contribution in [0.5, 0.6) is 0 Å². The summed E-state index contributed by atoms with van der Waals surface area (Å²) in [6.45, 7) is 1.21. The molecule has 0 unspecified atom stereocenters. The van der Waals surface area contributed by atoms with Crippen molar-refractivity contribution in [2.45, 2.75) is 25.0 Å². The van der Waals surface area contributed by atoms with E-state index >= 15 is 0 Å². The van der Waals surface area contributed by atoms with Crippen LogP contribution in [0.3, 0.4) is 0 Å². The lowest BCUT2D eigenvalue weighted by Gasteiger charge is -2.33. The lowest BCUT2D eigenvalue weighted by molar-refractivity contribution is -0.122. The van der Waals surface area contributed by atoms with E-state index in [1.165, 1.54) is 0 Å². The van der Waals surface area contributed by atoms with Gasteiger partial charge < -0.3 is 13.7 Å². The van der Waals surface area contributed by atoms with E-state index in [1.807, 2.05) is 29.2 Å². The number of amides is 1. The maximum atomic E-state index is 12.8. The Labute approximate surface area is 154 Å². The lowest BCUT2D eigenvalue weighted by atomic mass is 10.2. The van der Waals surface area contributed by atoms with Gasteiger partial charge in [0.05, 0.1) is 24.9 Å². The number of likely N-dealkylation sites (tertiary alicyclic amines) is 1. The van der Waals surface area contributed by atoms with Crippen molar-refractivity contribution < 1.29 is 13.6 Å². The second kappa shape index (κ2) is 5.96. The van der Waals surface area contributed by atoms with Gasteiger partial charge in [-0.2, -0.15) is 0 Å². The van der Waals surface area contributed by atoms with E-state index in [-0.39, 0.29) is 18.0 Å². The van der Waals surface area contributed by atoms with E-state index in [1.54, 1.807) is 18.4 Å². The molecule has 0 aliphatic carbocycles. The fourth-order valence-corrected chi connectivity index (χ4v) is 3.98. The van der Waals surface area contributed by atoms with Crippen molar-refractivity contribution in [1.82, 2.24) is 15.1 Å². The van der Waals surface area contributed by atoms with E-state index in [2.05, 4.69) is 15.1 Å². The summed E-state index contributed by atoms with van der Waals surface area (Å²) < 4.78 is 10.9. The highest BCUT2D eigenvalue weighted by atomic mass is 35.5. The Morgan fingerprint density at radius 3 is 2.92 bits per heavy atom. The first-order valence-corrected chi connectivity index (χ1v) is 8.76. The quantitative estimate of drug-likeness (QED) is 0.702. The number of halogens is 1. The Kier molecular flexibility index (Phi) is 3.58. The third-order valence-corrected chi connectivity index (χ3v) is 5.13. The standard InChI is InChI=1S/C18H15ClN4O3/c19-11-3-1-4-12(7-11)23-13-8-14(18(23)24)22(9-13)10-16-20-21-17(26-16)15-5-2-6-25-15/h1-7,13-14H,8-10H2/t13-,14-/m0/s1. The molecule has 2 atom stereocenters. The molecule has 7 nitrogen and oxygen atoms in total. The van der Waals surface area contributed by atoms with Crippen molar-refractivity contribution in [3.63, 3.8) is 0 Å². The number of fused-ring (bicyclic) bond motifs is 2. The zero-order valence-electron chi connectivity index (χ0n) is 13.7. The average Bonchev–Trinajstić information content (AvgIpc) is 3.39. The molecule has 2 aliphatic rings. The van der Waals surface area contributed by atoms with Crippen LogP contribution in [-0.2, 0) is 11.3 Å². The maximum Gasteiger partial charge on any atom is 0.283 e. The summed E-state index contributed by atoms with van der Waals surface area (Å²) in [4.78, 5) is 16.8. The molecule has 5 rings (SSSR count). The monoisotopic (exact) mass is 370 g/mol. The van der Waals surface area contributed by atoms with Crippen LogP contribution in [0.2, 0.25) is 5.02 Å². The zero-order chi connectivity index (χ0) is 17.7. The van der Waals surface area contributed by atoms with Crippen LogP contribution in [0.1, 0.15) is 12.3 Å². The molecule has 0 saturated carbocycles. The summed E-state index contributed by atoms with van der Waals surface area (Å²) in [5, 5.41) is 8.71. The summed E-state index contributed by atoms with van der Waals surface area (Å²) >= 11 is 6.07. The van der Waals surface area contributed by atoms with Crippen molar-refractivity contribution in [2.75, 3.05) is 11.4 Å². The van der Waals surface area contributed by atoms with Crippen molar-refractivity contribution in [3.8, 4) is 11.7 Å². The number of anilines is 1. The van der Waals surface area contributed by atoms with Gasteiger partial charge in [0.1, 0.15) is 0 Å². The second-order valence-corrected chi connectivity index (χ2v) is 6.94. The molecule has 0 spiro atoms. The molecule has 0 radical (unpaired) electrons. The largest absolute Gasteiger partial charge is 0.459 e. The molecule has 0 N–H and O–H groups in total. The number of benzene rings is 1. The molecule has 4 heterocycles. The molecule has 2 bridgehead atoms. The Balaban J connectivity index is 1.32. The molecule has 2 fully saturated rings. The van der Waals surface area contributed by atoms with Crippen LogP contribution >= 0.6 is 11.6 Å². The maximum absolute atomic E-state index is 12.8. The van der Waals surface area contributed by atoms with Gasteiger partial charge in [0.25, 0.3) is 5.89 Å². The van der Waals surface area contributed by atoms with Crippen LogP contribution < -0.4 is 4.90 Å². The molecule has 2 aliphatic heterocycles. The number of aromatic nitrogens is 2. The van der Waals surface area contributed by atoms with Gasteiger partial charge in [-0.3, -0.25) is 9.69 Å². The molecule has 26 heavy (non-hydrogen) atoms. The number of carbonyl (C=O) groups excluding carboxylic acids is 1. The van der Waals surface area contributed by atoms with E-state index in [0.717, 1.165) is 18.7 Å². The van der Waals surface area contributed by atoms with Gasteiger partial charge in [0.15, 0.2) is 5.76 Å². The Morgan fingerprint density at radius 1 is 1.23 bits per heavy atom. The molecular formula is C18H15ClN4O3. The zero-order valence-corrected chi connectivity index (χ0v) is 14.5. The first-order valence-electron chi connectivity index (χ1n) is 8.38. The van der Waals surface area contributed by atoms with E-state index in [9.17, 15) is 4.79 Å². The average molecular weight is 371 g/mol. The smallest absolute Gasteiger partial charge is 0.283 e. The number of furan rings is 1. The van der Waals surface area contributed by atoms with Crippen LogP contribution in [0, 0.1) is 0 Å². The van der Waals surface area contributed by atoms with Crippen molar-refractivity contribution in [1.29, 1.82) is 0 Å². The summed E-state index contributed by atoms with van der Waals surface area (Å²) in [5.74, 6) is 1.46. The first kappa shape index (κ1) is 15.6. The van der Waals surface area contributed by atoms with Crippen LogP contribution in [0.15, 0.2) is 51.5 Å². The van der Waals surface area contributed by atoms with Crippen molar-refractivity contribution in [2.24, 2.45) is 0 Å². The molecule has 132 valence electrons. The van der Waals surface area contributed by atoms with Crippen molar-refractivity contribution >= 4 is 23.2 Å². The predicted octanol–water partition coefficient (Wildman–Crippen LogP) is 2.97. The molecular weight excluding hydrogens is 356 g/mol. The Hall–Kier alpha value is -2.64. The van der Waals surface area contributed by atoms with Gasteiger partial charge in [-0.15, -0.1) is 10.2 Å². The topological polar surface area (TPSA) is 75.6 Å².